The average Bonchev–Trinajstić information content (AvgIpc) is 2.53. The summed E-state index contributed by atoms with van der Waals surface area (Å²) >= 11 is 0. The number of carbonyl (C=O) groups excluding carboxylic acids is 1. The fourth-order valence-electron chi connectivity index (χ4n) is 2.13. The van der Waals surface area contributed by atoms with Crippen LogP contribution in [0.15, 0.2) is 36.5 Å². The second-order valence-electron chi connectivity index (χ2n) is 4.70. The van der Waals surface area contributed by atoms with E-state index in [1.165, 1.54) is 5.56 Å². The van der Waals surface area contributed by atoms with Gasteiger partial charge in [-0.3, -0.25) is 9.78 Å². The number of rotatable bonds is 5. The van der Waals surface area contributed by atoms with Gasteiger partial charge in [-0.1, -0.05) is 13.0 Å². The Labute approximate surface area is 124 Å². The molecular weight excluding hydrogens is 264 g/mol. The number of carbonyl (C=O) groups is 1. The lowest BCUT2D eigenvalue weighted by Gasteiger charge is -2.12. The molecule has 2 aromatic rings. The minimum Gasteiger partial charge on any atom is -0.397 e. The van der Waals surface area contributed by atoms with Crippen LogP contribution < -0.4 is 16.4 Å². The number of pyridine rings is 1. The highest BCUT2D eigenvalue weighted by molar-refractivity contribution is 5.96. The molecule has 1 aromatic carbocycles. The Morgan fingerprint density at radius 1 is 1.33 bits per heavy atom. The van der Waals surface area contributed by atoms with Gasteiger partial charge in [-0.25, -0.2) is 0 Å². The van der Waals surface area contributed by atoms with Crippen LogP contribution in [0.2, 0.25) is 0 Å². The van der Waals surface area contributed by atoms with Gasteiger partial charge in [0.2, 0.25) is 0 Å². The van der Waals surface area contributed by atoms with Gasteiger partial charge < -0.3 is 16.4 Å². The Morgan fingerprint density at radius 2 is 2.14 bits per heavy atom. The molecule has 21 heavy (non-hydrogen) atoms. The third kappa shape index (κ3) is 3.51. The molecule has 4 N–H and O–H groups in total. The third-order valence-electron chi connectivity index (χ3n) is 3.35. The maximum atomic E-state index is 11.7. The van der Waals surface area contributed by atoms with Crippen molar-refractivity contribution in [3.05, 3.63) is 53.3 Å². The van der Waals surface area contributed by atoms with Crippen molar-refractivity contribution >= 4 is 17.3 Å². The third-order valence-corrected chi connectivity index (χ3v) is 3.35. The van der Waals surface area contributed by atoms with Crippen LogP contribution in [0.4, 0.5) is 11.4 Å². The van der Waals surface area contributed by atoms with E-state index in [0.717, 1.165) is 17.8 Å². The van der Waals surface area contributed by atoms with E-state index in [9.17, 15) is 4.79 Å². The Hall–Kier alpha value is -2.56. The van der Waals surface area contributed by atoms with Crippen molar-refractivity contribution in [1.82, 2.24) is 10.3 Å². The summed E-state index contributed by atoms with van der Waals surface area (Å²) in [6.07, 6.45) is 2.71. The molecule has 0 aliphatic heterocycles. The average molecular weight is 284 g/mol. The van der Waals surface area contributed by atoms with Gasteiger partial charge in [-0.15, -0.1) is 0 Å². The molecule has 1 amide bonds. The maximum Gasteiger partial charge on any atom is 0.251 e. The molecule has 5 nitrogen and oxygen atoms in total. The molecule has 0 aliphatic rings. The van der Waals surface area contributed by atoms with Crippen molar-refractivity contribution in [3.8, 4) is 0 Å². The second kappa shape index (κ2) is 6.74. The van der Waals surface area contributed by atoms with E-state index in [2.05, 4.69) is 28.6 Å². The first-order valence-electron chi connectivity index (χ1n) is 6.94. The van der Waals surface area contributed by atoms with E-state index in [0.29, 0.717) is 17.8 Å². The summed E-state index contributed by atoms with van der Waals surface area (Å²) in [6.45, 7) is 2.67. The minimum atomic E-state index is -0.134. The van der Waals surface area contributed by atoms with Crippen molar-refractivity contribution in [3.63, 3.8) is 0 Å². The number of anilines is 2. The molecule has 0 unspecified atom stereocenters. The van der Waals surface area contributed by atoms with Gasteiger partial charge >= 0.3 is 0 Å². The molecule has 2 rings (SSSR count). The Morgan fingerprint density at radius 3 is 2.86 bits per heavy atom. The number of nitrogens with two attached hydrogens (primary N) is 1. The number of amides is 1. The first kappa shape index (κ1) is 14.8. The summed E-state index contributed by atoms with van der Waals surface area (Å²) in [7, 11) is 1.60. The number of aryl methyl sites for hydroxylation is 1. The smallest absolute Gasteiger partial charge is 0.251 e. The summed E-state index contributed by atoms with van der Waals surface area (Å²) < 4.78 is 0. The van der Waals surface area contributed by atoms with Crippen LogP contribution in [-0.2, 0) is 13.0 Å². The van der Waals surface area contributed by atoms with Crippen LogP contribution in [0.1, 0.15) is 28.5 Å². The minimum absolute atomic E-state index is 0.134. The van der Waals surface area contributed by atoms with Crippen molar-refractivity contribution < 1.29 is 4.79 Å². The molecule has 0 spiro atoms. The van der Waals surface area contributed by atoms with Gasteiger partial charge in [0.1, 0.15) is 0 Å². The number of benzene rings is 1. The van der Waals surface area contributed by atoms with Crippen LogP contribution in [0, 0.1) is 0 Å². The van der Waals surface area contributed by atoms with Crippen LogP contribution in [-0.4, -0.2) is 17.9 Å². The molecular formula is C16H20N4O. The molecule has 0 radical (unpaired) electrons. The normalized spacial score (nSPS) is 10.2. The number of hydrogen-bond donors (Lipinski definition) is 3. The van der Waals surface area contributed by atoms with Gasteiger partial charge in [0.25, 0.3) is 5.91 Å². The van der Waals surface area contributed by atoms with Crippen LogP contribution in [0.25, 0.3) is 0 Å². The van der Waals surface area contributed by atoms with Gasteiger partial charge in [-0.05, 0) is 36.2 Å². The van der Waals surface area contributed by atoms with E-state index in [-0.39, 0.29) is 5.91 Å². The monoisotopic (exact) mass is 284 g/mol. The molecule has 110 valence electrons. The van der Waals surface area contributed by atoms with Gasteiger partial charge in [0, 0.05) is 18.8 Å². The first-order chi connectivity index (χ1) is 10.2. The van der Waals surface area contributed by atoms with Crippen molar-refractivity contribution in [2.75, 3.05) is 18.1 Å². The lowest BCUT2D eigenvalue weighted by atomic mass is 10.1. The zero-order valence-corrected chi connectivity index (χ0v) is 12.3. The Kier molecular flexibility index (Phi) is 4.77. The quantitative estimate of drug-likeness (QED) is 0.735. The predicted octanol–water partition coefficient (Wildman–Crippen LogP) is 2.20. The van der Waals surface area contributed by atoms with E-state index in [1.807, 2.05) is 6.07 Å². The van der Waals surface area contributed by atoms with Gasteiger partial charge in [0.15, 0.2) is 0 Å². The van der Waals surface area contributed by atoms with E-state index in [4.69, 9.17) is 5.73 Å². The molecule has 0 saturated heterocycles. The molecule has 1 aromatic heterocycles. The lowest BCUT2D eigenvalue weighted by molar-refractivity contribution is 0.0963. The van der Waals surface area contributed by atoms with Gasteiger partial charge in [0.05, 0.1) is 23.6 Å². The number of nitrogens with one attached hydrogen (secondary N) is 2. The SMILES string of the molecule is CCc1cccnc1CNc1cc(C(=O)NC)ccc1N. The largest absolute Gasteiger partial charge is 0.397 e. The van der Waals surface area contributed by atoms with Crippen molar-refractivity contribution in [2.24, 2.45) is 0 Å². The lowest BCUT2D eigenvalue weighted by Crippen LogP contribution is -2.18. The number of hydrogen-bond acceptors (Lipinski definition) is 4. The molecule has 0 atom stereocenters. The van der Waals surface area contributed by atoms with Crippen LogP contribution >= 0.6 is 0 Å². The summed E-state index contributed by atoms with van der Waals surface area (Å²) in [5, 5.41) is 5.86. The first-order valence-corrected chi connectivity index (χ1v) is 6.94. The zero-order valence-electron chi connectivity index (χ0n) is 12.3. The van der Waals surface area contributed by atoms with Crippen molar-refractivity contribution in [2.45, 2.75) is 19.9 Å². The maximum absolute atomic E-state index is 11.7. The fourth-order valence-corrected chi connectivity index (χ4v) is 2.13. The summed E-state index contributed by atoms with van der Waals surface area (Å²) in [6, 6.07) is 9.18. The highest BCUT2D eigenvalue weighted by Gasteiger charge is 2.08. The van der Waals surface area contributed by atoms with E-state index >= 15 is 0 Å². The number of nitrogen functional groups attached to an aromatic ring is 1. The molecule has 0 aliphatic carbocycles. The van der Waals surface area contributed by atoms with E-state index in [1.54, 1.807) is 31.4 Å². The van der Waals surface area contributed by atoms with Crippen molar-refractivity contribution in [1.29, 1.82) is 0 Å². The van der Waals surface area contributed by atoms with Crippen LogP contribution in [0.5, 0.6) is 0 Å². The summed E-state index contributed by atoms with van der Waals surface area (Å²) in [4.78, 5) is 16.0. The summed E-state index contributed by atoms with van der Waals surface area (Å²) in [5.74, 6) is -0.134. The second-order valence-corrected chi connectivity index (χ2v) is 4.70. The highest BCUT2D eigenvalue weighted by atomic mass is 16.1. The van der Waals surface area contributed by atoms with Crippen LogP contribution in [0.3, 0.4) is 0 Å². The predicted molar refractivity (Wildman–Crippen MR) is 85.2 cm³/mol. The molecule has 5 heteroatoms. The fraction of sp³-hybridized carbons (Fsp3) is 0.250. The zero-order chi connectivity index (χ0) is 15.2. The molecule has 1 heterocycles. The summed E-state index contributed by atoms with van der Waals surface area (Å²) in [5.41, 5.74) is 10.1. The molecule has 0 saturated carbocycles. The Balaban J connectivity index is 2.17. The molecule has 0 fully saturated rings. The molecule has 0 bridgehead atoms. The van der Waals surface area contributed by atoms with Gasteiger partial charge in [-0.2, -0.15) is 0 Å². The Bertz CT molecular complexity index is 640. The van der Waals surface area contributed by atoms with E-state index < -0.39 is 0 Å². The number of aromatic nitrogens is 1. The topological polar surface area (TPSA) is 80.0 Å². The standard InChI is InChI=1S/C16H20N4O/c1-3-11-5-4-8-19-15(11)10-20-14-9-12(16(21)18-2)6-7-13(14)17/h4-9,20H,3,10,17H2,1-2H3,(H,18,21). The number of nitrogens with zero attached hydrogens (tertiary/aromatic N) is 1. The highest BCUT2D eigenvalue weighted by Crippen LogP contribution is 2.21.